The average Bonchev–Trinajstić information content (AvgIpc) is 2.90. The lowest BCUT2D eigenvalue weighted by Crippen LogP contribution is -2.44. The van der Waals surface area contributed by atoms with Crippen molar-refractivity contribution in [3.05, 3.63) is 24.2 Å². The molecule has 2 aliphatic heterocycles. The van der Waals surface area contributed by atoms with Crippen LogP contribution in [-0.2, 0) is 4.74 Å². The number of aliphatic hydroxyl groups excluding tert-OH is 2. The van der Waals surface area contributed by atoms with E-state index in [1.807, 2.05) is 18.3 Å². The fourth-order valence-electron chi connectivity index (χ4n) is 3.28. The lowest BCUT2D eigenvalue weighted by Gasteiger charge is -2.27. The fourth-order valence-corrected chi connectivity index (χ4v) is 3.28. The first-order chi connectivity index (χ1) is 11.0. The van der Waals surface area contributed by atoms with Gasteiger partial charge in [-0.25, -0.2) is 9.97 Å². The molecule has 0 amide bonds. The number of aromatic nitrogens is 3. The minimum atomic E-state index is -1.55. The quantitative estimate of drug-likeness (QED) is 0.610. The Morgan fingerprint density at radius 2 is 2.30 bits per heavy atom. The van der Waals surface area contributed by atoms with Gasteiger partial charge in [-0.3, -0.25) is 0 Å². The molecular weight excluding hydrogens is 300 g/mol. The molecule has 2 aromatic heterocycles. The van der Waals surface area contributed by atoms with Crippen LogP contribution in [0.2, 0.25) is 0 Å². The molecule has 0 radical (unpaired) electrons. The van der Waals surface area contributed by atoms with Crippen molar-refractivity contribution in [1.82, 2.24) is 14.5 Å². The van der Waals surface area contributed by atoms with E-state index in [4.69, 9.17) is 4.74 Å². The van der Waals surface area contributed by atoms with Crippen molar-refractivity contribution < 1.29 is 20.1 Å². The number of nitrogens with one attached hydrogen (secondary N) is 1. The molecule has 0 bridgehead atoms. The van der Waals surface area contributed by atoms with Gasteiger partial charge in [0.25, 0.3) is 0 Å². The molecule has 0 saturated carbocycles. The van der Waals surface area contributed by atoms with Crippen LogP contribution in [0.4, 0.5) is 5.82 Å². The summed E-state index contributed by atoms with van der Waals surface area (Å²) in [5, 5.41) is 34.2. The third-order valence-electron chi connectivity index (χ3n) is 4.51. The number of anilines is 1. The summed E-state index contributed by atoms with van der Waals surface area (Å²) in [5.74, 6) is 0.714. The van der Waals surface area contributed by atoms with Crippen LogP contribution in [0, 0.1) is 0 Å². The van der Waals surface area contributed by atoms with E-state index in [0.29, 0.717) is 18.0 Å². The molecular formula is C15H18N4O4. The second-order valence-electron chi connectivity index (χ2n) is 6.08. The Morgan fingerprint density at radius 1 is 1.48 bits per heavy atom. The van der Waals surface area contributed by atoms with E-state index in [1.54, 1.807) is 4.57 Å². The van der Waals surface area contributed by atoms with E-state index >= 15 is 0 Å². The molecule has 4 atom stereocenters. The van der Waals surface area contributed by atoms with E-state index in [-0.39, 0.29) is 6.61 Å². The van der Waals surface area contributed by atoms with Gasteiger partial charge in [0.05, 0.1) is 12.0 Å². The first kappa shape index (κ1) is 14.6. The smallest absolute Gasteiger partial charge is 0.167 e. The zero-order chi connectivity index (χ0) is 16.2. The molecule has 23 heavy (non-hydrogen) atoms. The third-order valence-corrected chi connectivity index (χ3v) is 4.51. The Balaban J connectivity index is 1.90. The van der Waals surface area contributed by atoms with Crippen LogP contribution in [-0.4, -0.2) is 60.8 Å². The molecule has 8 nitrogen and oxygen atoms in total. The number of aliphatic hydroxyl groups is 3. The van der Waals surface area contributed by atoms with Crippen LogP contribution in [0.15, 0.2) is 18.6 Å². The zero-order valence-electron chi connectivity index (χ0n) is 12.5. The third kappa shape index (κ3) is 1.99. The van der Waals surface area contributed by atoms with Gasteiger partial charge in [-0.05, 0) is 6.92 Å². The highest BCUT2D eigenvalue weighted by Crippen LogP contribution is 2.41. The van der Waals surface area contributed by atoms with Crippen LogP contribution in [0.1, 0.15) is 18.7 Å². The van der Waals surface area contributed by atoms with Gasteiger partial charge in [0.2, 0.25) is 0 Å². The van der Waals surface area contributed by atoms with Gasteiger partial charge in [0.1, 0.15) is 35.6 Å². The number of rotatable bonds is 2. The summed E-state index contributed by atoms with van der Waals surface area (Å²) in [5.41, 5.74) is -0.0507. The molecule has 4 heterocycles. The Morgan fingerprint density at radius 3 is 3.04 bits per heavy atom. The highest BCUT2D eigenvalue weighted by atomic mass is 16.6. The van der Waals surface area contributed by atoms with Crippen LogP contribution in [0.3, 0.4) is 0 Å². The Labute approximate surface area is 132 Å². The minimum Gasteiger partial charge on any atom is -0.394 e. The summed E-state index contributed by atoms with van der Waals surface area (Å²) in [4.78, 5) is 8.57. The average molecular weight is 318 g/mol. The monoisotopic (exact) mass is 318 g/mol. The topological polar surface area (TPSA) is 113 Å². The number of hydrogen-bond donors (Lipinski definition) is 4. The Hall–Kier alpha value is -2.00. The molecule has 2 aliphatic rings. The van der Waals surface area contributed by atoms with Gasteiger partial charge in [-0.1, -0.05) is 12.2 Å². The van der Waals surface area contributed by atoms with E-state index in [0.717, 1.165) is 10.9 Å². The number of nitrogens with zero attached hydrogens (tertiary/aromatic N) is 3. The molecule has 0 aliphatic carbocycles. The highest BCUT2D eigenvalue weighted by Gasteiger charge is 2.53. The number of ether oxygens (including phenoxy) is 1. The highest BCUT2D eigenvalue weighted by molar-refractivity contribution is 5.96. The van der Waals surface area contributed by atoms with Crippen molar-refractivity contribution in [2.75, 3.05) is 18.5 Å². The maximum Gasteiger partial charge on any atom is 0.167 e. The molecule has 1 saturated heterocycles. The Bertz CT molecular complexity index is 785. The summed E-state index contributed by atoms with van der Waals surface area (Å²) in [6, 6.07) is 0. The SMILES string of the molecule is C[C@]1(O)C(n2cc3c4c(ncnc42)NCC=C3)OC(CO)[C@H]1O. The Kier molecular flexibility index (Phi) is 3.17. The summed E-state index contributed by atoms with van der Waals surface area (Å²) in [6.07, 6.45) is 4.29. The first-order valence-corrected chi connectivity index (χ1v) is 7.46. The molecule has 0 aromatic carbocycles. The van der Waals surface area contributed by atoms with Crippen molar-refractivity contribution in [1.29, 1.82) is 0 Å². The fraction of sp³-hybridized carbons (Fsp3) is 0.467. The lowest BCUT2D eigenvalue weighted by molar-refractivity contribution is -0.0948. The van der Waals surface area contributed by atoms with Crippen LogP contribution in [0.5, 0.6) is 0 Å². The normalized spacial score (nSPS) is 33.0. The molecule has 0 spiro atoms. The maximum atomic E-state index is 10.7. The van der Waals surface area contributed by atoms with Gasteiger partial charge in [-0.2, -0.15) is 0 Å². The van der Waals surface area contributed by atoms with Gasteiger partial charge in [-0.15, -0.1) is 0 Å². The predicted octanol–water partition coefficient (Wildman–Crippen LogP) is -0.128. The molecule has 4 rings (SSSR count). The molecule has 2 aromatic rings. The molecule has 8 heteroatoms. The van der Waals surface area contributed by atoms with Crippen molar-refractivity contribution in [3.63, 3.8) is 0 Å². The summed E-state index contributed by atoms with van der Waals surface area (Å²) in [6.45, 7) is 1.79. The summed E-state index contributed by atoms with van der Waals surface area (Å²) >= 11 is 0. The van der Waals surface area contributed by atoms with Crippen molar-refractivity contribution in [2.45, 2.75) is 31.0 Å². The zero-order valence-corrected chi connectivity index (χ0v) is 12.5. The van der Waals surface area contributed by atoms with E-state index < -0.39 is 24.0 Å². The molecule has 122 valence electrons. The first-order valence-electron chi connectivity index (χ1n) is 7.46. The molecule has 1 fully saturated rings. The lowest BCUT2D eigenvalue weighted by atomic mass is 9.96. The van der Waals surface area contributed by atoms with Crippen molar-refractivity contribution in [2.24, 2.45) is 0 Å². The van der Waals surface area contributed by atoms with Gasteiger partial charge in [0, 0.05) is 18.3 Å². The van der Waals surface area contributed by atoms with Gasteiger partial charge >= 0.3 is 0 Å². The number of hydrogen-bond acceptors (Lipinski definition) is 7. The predicted molar refractivity (Wildman–Crippen MR) is 82.7 cm³/mol. The molecule has 4 N–H and O–H groups in total. The van der Waals surface area contributed by atoms with Crippen LogP contribution < -0.4 is 5.32 Å². The summed E-state index contributed by atoms with van der Waals surface area (Å²) in [7, 11) is 0. The van der Waals surface area contributed by atoms with Crippen molar-refractivity contribution in [3.8, 4) is 0 Å². The van der Waals surface area contributed by atoms with Gasteiger partial charge < -0.3 is 29.9 Å². The van der Waals surface area contributed by atoms with Crippen molar-refractivity contribution >= 4 is 22.9 Å². The second-order valence-corrected chi connectivity index (χ2v) is 6.08. The van der Waals surface area contributed by atoms with E-state index in [1.165, 1.54) is 13.3 Å². The van der Waals surface area contributed by atoms with Crippen LogP contribution >= 0.6 is 0 Å². The second kappa shape index (κ2) is 5.00. The molecule has 2 unspecified atom stereocenters. The van der Waals surface area contributed by atoms with Gasteiger partial charge in [0.15, 0.2) is 6.23 Å². The summed E-state index contributed by atoms with van der Waals surface area (Å²) < 4.78 is 7.38. The largest absolute Gasteiger partial charge is 0.394 e. The van der Waals surface area contributed by atoms with E-state index in [9.17, 15) is 15.3 Å². The minimum absolute atomic E-state index is 0.373. The van der Waals surface area contributed by atoms with E-state index in [2.05, 4.69) is 15.3 Å². The standard InChI is InChI=1S/C15H18N4O4/c1-15(22)11(21)9(6-20)23-14(15)19-5-8-3-2-4-16-12-10(8)13(19)18-7-17-12/h2-3,5,7,9,11,14,20-22H,4,6H2,1H3,(H,16,17,18)/t9?,11-,14?,15-/m1/s1. The van der Waals surface area contributed by atoms with Crippen LogP contribution in [0.25, 0.3) is 17.1 Å². The maximum absolute atomic E-state index is 10.7.